The molecule has 0 spiro atoms. The molecule has 0 amide bonds. The molecule has 0 aliphatic rings. The molecule has 192 valence electrons. The summed E-state index contributed by atoms with van der Waals surface area (Å²) in [6.07, 6.45) is 2.59. The van der Waals surface area contributed by atoms with Gasteiger partial charge in [0, 0.05) is 29.9 Å². The maximum absolute atomic E-state index is 12.5. The molecule has 0 unspecified atom stereocenters. The van der Waals surface area contributed by atoms with E-state index in [2.05, 4.69) is 15.0 Å². The lowest BCUT2D eigenvalue weighted by atomic mass is 10.0. The summed E-state index contributed by atoms with van der Waals surface area (Å²) in [7, 11) is -7.32. The smallest absolute Gasteiger partial charge is 0.306 e. The number of sulfonamides is 1. The molecule has 0 saturated carbocycles. The van der Waals surface area contributed by atoms with E-state index >= 15 is 0 Å². The van der Waals surface area contributed by atoms with E-state index in [4.69, 9.17) is 4.18 Å². The molecule has 2 aromatic heterocycles. The van der Waals surface area contributed by atoms with Gasteiger partial charge >= 0.3 is 10.1 Å². The fourth-order valence-corrected chi connectivity index (χ4v) is 6.36. The van der Waals surface area contributed by atoms with E-state index in [0.29, 0.717) is 23.2 Å². The maximum atomic E-state index is 12.5. The summed E-state index contributed by atoms with van der Waals surface area (Å²) in [5.41, 5.74) is 2.53. The molecule has 4 aromatic rings. The monoisotopic (exact) mass is 549 g/mol. The Morgan fingerprint density at radius 2 is 1.86 bits per heavy atom. The minimum absolute atomic E-state index is 0.0151. The van der Waals surface area contributed by atoms with Crippen LogP contribution < -0.4 is 14.2 Å². The molecule has 0 fully saturated rings. The number of aromatic nitrogens is 1. The summed E-state index contributed by atoms with van der Waals surface area (Å²) < 4.78 is 55.9. The van der Waals surface area contributed by atoms with Crippen molar-refractivity contribution in [3.05, 3.63) is 77.3 Å². The quantitative estimate of drug-likeness (QED) is 0.210. The molecule has 0 bridgehead atoms. The van der Waals surface area contributed by atoms with E-state index < -0.39 is 26.2 Å². The van der Waals surface area contributed by atoms with Gasteiger partial charge in [-0.05, 0) is 54.1 Å². The van der Waals surface area contributed by atoms with Gasteiger partial charge in [0.1, 0.15) is 4.21 Å². The molecule has 4 N–H and O–H groups in total. The summed E-state index contributed by atoms with van der Waals surface area (Å²) in [5.74, 6) is 0.242. The molecular weight excluding hydrogens is 522 g/mol. The normalized spacial score (nSPS) is 14.0. The average Bonchev–Trinajstić information content (AvgIpc) is 3.48. The number of nitrogens with one attached hydrogen (secondary N) is 3. The van der Waals surface area contributed by atoms with Gasteiger partial charge in [0.05, 0.1) is 17.9 Å². The van der Waals surface area contributed by atoms with E-state index in [1.807, 2.05) is 19.2 Å². The zero-order chi connectivity index (χ0) is 25.9. The van der Waals surface area contributed by atoms with Crippen molar-refractivity contribution >= 4 is 48.1 Å². The first-order valence-corrected chi connectivity index (χ1v) is 15.3. The Balaban J connectivity index is 1.38. The van der Waals surface area contributed by atoms with E-state index in [1.165, 1.54) is 6.07 Å². The van der Waals surface area contributed by atoms with Gasteiger partial charge in [-0.2, -0.15) is 8.42 Å². The summed E-state index contributed by atoms with van der Waals surface area (Å²) in [5, 5.41) is 16.6. The molecule has 0 radical (unpaired) electrons. The first kappa shape index (κ1) is 26.2. The van der Waals surface area contributed by atoms with Crippen molar-refractivity contribution in [3.8, 4) is 5.75 Å². The minimum Gasteiger partial charge on any atom is -0.387 e. The molecule has 12 heteroatoms. The van der Waals surface area contributed by atoms with Crippen molar-refractivity contribution in [2.45, 2.75) is 29.7 Å². The Hall–Kier alpha value is -2.90. The summed E-state index contributed by atoms with van der Waals surface area (Å²) in [6, 6.07) is 15.1. The zero-order valence-electron chi connectivity index (χ0n) is 19.6. The highest BCUT2D eigenvalue weighted by Crippen LogP contribution is 2.29. The van der Waals surface area contributed by atoms with Crippen LogP contribution in [0, 0.1) is 0 Å². The number of anilines is 1. The lowest BCUT2D eigenvalue weighted by Crippen LogP contribution is -2.32. The van der Waals surface area contributed by atoms with E-state index in [-0.39, 0.29) is 22.5 Å². The third-order valence-electron chi connectivity index (χ3n) is 5.47. The Morgan fingerprint density at radius 3 is 2.58 bits per heavy atom. The van der Waals surface area contributed by atoms with Gasteiger partial charge in [-0.25, -0.2) is 8.42 Å². The molecular formula is C24H27N3O6S3. The van der Waals surface area contributed by atoms with Crippen molar-refractivity contribution in [1.29, 1.82) is 0 Å². The zero-order valence-corrected chi connectivity index (χ0v) is 22.1. The van der Waals surface area contributed by atoms with Crippen LogP contribution in [0.15, 0.2) is 70.4 Å². The van der Waals surface area contributed by atoms with Crippen LogP contribution >= 0.6 is 11.3 Å². The third-order valence-corrected chi connectivity index (χ3v) is 8.73. The van der Waals surface area contributed by atoms with E-state index in [9.17, 15) is 21.9 Å². The van der Waals surface area contributed by atoms with Crippen molar-refractivity contribution in [2.24, 2.45) is 0 Å². The molecule has 4 rings (SSSR count). The predicted octanol–water partition coefficient (Wildman–Crippen LogP) is 3.62. The Labute approximate surface area is 214 Å². The lowest BCUT2D eigenvalue weighted by molar-refractivity contribution is 0.170. The second-order valence-corrected chi connectivity index (χ2v) is 12.9. The number of aromatic amines is 1. The molecule has 2 atom stereocenters. The summed E-state index contributed by atoms with van der Waals surface area (Å²) in [6.45, 7) is 2.24. The predicted molar refractivity (Wildman–Crippen MR) is 141 cm³/mol. The number of hydrogen-bond acceptors (Lipinski definition) is 8. The van der Waals surface area contributed by atoms with E-state index in [0.717, 1.165) is 28.5 Å². The van der Waals surface area contributed by atoms with Gasteiger partial charge in [0.15, 0.2) is 5.75 Å². The highest BCUT2D eigenvalue weighted by molar-refractivity contribution is 7.94. The van der Waals surface area contributed by atoms with Gasteiger partial charge in [-0.15, -0.1) is 11.3 Å². The second kappa shape index (κ2) is 10.6. The molecule has 36 heavy (non-hydrogen) atoms. The number of aliphatic hydroxyl groups excluding tert-OH is 1. The van der Waals surface area contributed by atoms with Crippen LogP contribution in [-0.4, -0.2) is 45.8 Å². The molecule has 2 aromatic carbocycles. The van der Waals surface area contributed by atoms with Crippen LogP contribution in [0.5, 0.6) is 5.75 Å². The van der Waals surface area contributed by atoms with Gasteiger partial charge in [-0.1, -0.05) is 30.3 Å². The summed E-state index contributed by atoms with van der Waals surface area (Å²) >= 11 is 1.13. The topological polar surface area (TPSA) is 138 Å². The minimum atomic E-state index is -3.67. The average molecular weight is 550 g/mol. The van der Waals surface area contributed by atoms with Gasteiger partial charge in [0.2, 0.25) is 0 Å². The summed E-state index contributed by atoms with van der Waals surface area (Å²) in [4.78, 5) is 3.09. The van der Waals surface area contributed by atoms with Crippen LogP contribution in [0.2, 0.25) is 0 Å². The lowest BCUT2D eigenvalue weighted by Gasteiger charge is -2.18. The van der Waals surface area contributed by atoms with Crippen LogP contribution in [0.1, 0.15) is 24.2 Å². The second-order valence-electron chi connectivity index (χ2n) is 8.47. The first-order chi connectivity index (χ1) is 17.0. The van der Waals surface area contributed by atoms with Crippen LogP contribution in [0.3, 0.4) is 0 Å². The number of thiophene rings is 1. The first-order valence-electron chi connectivity index (χ1n) is 11.1. The van der Waals surface area contributed by atoms with Crippen molar-refractivity contribution < 1.29 is 26.1 Å². The van der Waals surface area contributed by atoms with Crippen LogP contribution in [0.4, 0.5) is 5.69 Å². The van der Waals surface area contributed by atoms with Gasteiger partial charge < -0.3 is 19.6 Å². The fraction of sp³-hybridized carbons (Fsp3) is 0.250. The molecule has 2 heterocycles. The number of hydrogen-bond donors (Lipinski definition) is 4. The number of benzene rings is 2. The molecule has 0 saturated heterocycles. The maximum Gasteiger partial charge on any atom is 0.306 e. The molecule has 0 aliphatic carbocycles. The Morgan fingerprint density at radius 1 is 1.08 bits per heavy atom. The Kier molecular flexibility index (Phi) is 7.71. The Bertz CT molecular complexity index is 1550. The van der Waals surface area contributed by atoms with Gasteiger partial charge in [0.25, 0.3) is 10.0 Å². The number of H-pyrrole nitrogens is 1. The van der Waals surface area contributed by atoms with Crippen LogP contribution in [0.25, 0.3) is 10.9 Å². The number of para-hydroxylation sites is 1. The molecule has 9 nitrogen and oxygen atoms in total. The number of fused-ring (bicyclic) bond motifs is 1. The third kappa shape index (κ3) is 6.45. The SMILES string of the molecule is C[C@H](Cc1c[nH]c2c(OS(C)(=O)=O)cccc12)NC[C@H](O)c1cccc(NS(=O)(=O)c2cccs2)c1. The highest BCUT2D eigenvalue weighted by atomic mass is 32.2. The highest BCUT2D eigenvalue weighted by Gasteiger charge is 2.18. The van der Waals surface area contributed by atoms with Crippen molar-refractivity contribution in [3.63, 3.8) is 0 Å². The number of rotatable bonds is 11. The van der Waals surface area contributed by atoms with E-state index in [1.54, 1.807) is 47.8 Å². The fourth-order valence-electron chi connectivity index (χ4n) is 3.85. The number of aliphatic hydroxyl groups is 1. The van der Waals surface area contributed by atoms with Crippen molar-refractivity contribution in [1.82, 2.24) is 10.3 Å². The van der Waals surface area contributed by atoms with Crippen molar-refractivity contribution in [2.75, 3.05) is 17.5 Å². The largest absolute Gasteiger partial charge is 0.387 e. The van der Waals surface area contributed by atoms with Gasteiger partial charge in [-0.3, -0.25) is 4.72 Å². The standard InChI is InChI=1S/C24H27N3O6S3/c1-16(12-18-14-26-24-20(18)8-4-9-22(24)33-35(2,29)30)25-15-21(28)17-6-3-7-19(13-17)27-36(31,32)23-10-5-11-34-23/h3-11,13-14,16,21,25-28H,12,15H2,1-2H3/t16-,21+/m1/s1. The molecule has 0 aliphatic heterocycles. The van der Waals surface area contributed by atoms with Crippen LogP contribution in [-0.2, 0) is 26.6 Å².